The molecule has 0 bridgehead atoms. The van der Waals surface area contributed by atoms with Crippen LogP contribution in [0.4, 0.5) is 4.79 Å². The first kappa shape index (κ1) is 11.2. The van der Waals surface area contributed by atoms with Gasteiger partial charge in [-0.05, 0) is 0 Å². The summed E-state index contributed by atoms with van der Waals surface area (Å²) in [5.74, 6) is 0. The van der Waals surface area contributed by atoms with E-state index in [1.165, 1.54) is 0 Å². The maximum atomic E-state index is 8.44. The highest BCUT2D eigenvalue weighted by atomic mass is 32.2. The molecule has 0 aromatic rings. The molecule has 0 rings (SSSR count). The van der Waals surface area contributed by atoms with Crippen LogP contribution in [0, 0.1) is 0 Å². The van der Waals surface area contributed by atoms with Crippen molar-refractivity contribution < 1.29 is 15.0 Å². The van der Waals surface area contributed by atoms with Crippen molar-refractivity contribution >= 4 is 17.1 Å². The Kier molecular flexibility index (Phi) is 9.16. The van der Waals surface area contributed by atoms with Gasteiger partial charge in [-0.3, -0.25) is 0 Å². The second-order valence-corrected chi connectivity index (χ2v) is 3.40. The van der Waals surface area contributed by atoms with E-state index in [1.54, 1.807) is 0 Å². The lowest BCUT2D eigenvalue weighted by atomic mass is 11.3. The zero-order valence-electron chi connectivity index (χ0n) is 5.46. The Morgan fingerprint density at radius 3 is 1.89 bits per heavy atom. The molecule has 0 fully saturated rings. The van der Waals surface area contributed by atoms with Crippen LogP contribution in [0.2, 0.25) is 0 Å². The van der Waals surface area contributed by atoms with Crippen LogP contribution in [0.3, 0.4) is 0 Å². The molecule has 0 spiro atoms. The summed E-state index contributed by atoms with van der Waals surface area (Å²) in [5.41, 5.74) is 0. The minimum absolute atomic E-state index is 0.441. The van der Waals surface area contributed by atoms with E-state index in [-0.39, 0.29) is 0 Å². The molecular weight excluding hydrogens is 140 g/mol. The molecule has 0 aromatic heterocycles. The summed E-state index contributed by atoms with van der Waals surface area (Å²) in [5, 5.41) is 17.2. The molecule has 0 aromatic carbocycles. The highest BCUT2D eigenvalue weighted by Gasteiger charge is 1.84. The van der Waals surface area contributed by atoms with Gasteiger partial charge in [0, 0.05) is 10.9 Å². The predicted molar refractivity (Wildman–Crippen MR) is 37.4 cm³/mol. The molecule has 1 N–H and O–H groups in total. The van der Waals surface area contributed by atoms with E-state index in [2.05, 4.69) is 19.1 Å². The second-order valence-electron chi connectivity index (χ2n) is 1.31. The summed E-state index contributed by atoms with van der Waals surface area (Å²) in [6.07, 6.45) is 2.18. The van der Waals surface area contributed by atoms with Gasteiger partial charge in [-0.2, -0.15) is 0 Å². The molecule has 54 valence electrons. The molecule has 0 heterocycles. The van der Waals surface area contributed by atoms with E-state index >= 15 is 0 Å². The van der Waals surface area contributed by atoms with E-state index in [9.17, 15) is 0 Å². The van der Waals surface area contributed by atoms with E-state index in [0.29, 0.717) is 10.9 Å². The molecule has 0 amide bonds. The van der Waals surface area contributed by atoms with Crippen LogP contribution < -0.4 is 5.11 Å². The zero-order valence-corrected chi connectivity index (χ0v) is 6.27. The summed E-state index contributed by atoms with van der Waals surface area (Å²) in [7, 11) is 0.441. The topological polar surface area (TPSA) is 60.4 Å². The van der Waals surface area contributed by atoms with Crippen LogP contribution in [-0.2, 0) is 10.9 Å². The Hall–Kier alpha value is -0.640. The van der Waals surface area contributed by atoms with Gasteiger partial charge in [0.15, 0.2) is 0 Å². The fourth-order valence-electron chi connectivity index (χ4n) is 0. The maximum absolute atomic E-state index is 8.44. The van der Waals surface area contributed by atoms with Crippen molar-refractivity contribution in [2.45, 2.75) is 0 Å². The monoisotopic (exact) mass is 150 g/mol. The average Bonchev–Trinajstić information content (AvgIpc) is 1.65. The molecular formula is C5H10O3S. The van der Waals surface area contributed by atoms with Crippen LogP contribution in [-0.4, -0.2) is 23.8 Å². The van der Waals surface area contributed by atoms with E-state index in [1.807, 2.05) is 5.41 Å². The third-order valence-corrected chi connectivity index (χ3v) is 1.000. The second kappa shape index (κ2) is 7.36. The first-order valence-electron chi connectivity index (χ1n) is 2.09. The molecule has 3 nitrogen and oxygen atoms in total. The quantitative estimate of drug-likeness (QED) is 0.531. The van der Waals surface area contributed by atoms with Crippen molar-refractivity contribution in [1.82, 2.24) is 0 Å². The molecule has 0 saturated carbocycles. The number of carbonyl (C=O) groups is 1. The van der Waals surface area contributed by atoms with Crippen molar-refractivity contribution in [2.75, 3.05) is 12.5 Å². The first-order valence-corrected chi connectivity index (χ1v) is 4.20. The normalized spacial score (nSPS) is 7.44. The summed E-state index contributed by atoms with van der Waals surface area (Å²) < 4.78 is 0. The first-order chi connectivity index (χ1) is 4.00. The third kappa shape index (κ3) is 114. The van der Waals surface area contributed by atoms with Gasteiger partial charge < -0.3 is 15.0 Å². The van der Waals surface area contributed by atoms with Crippen molar-refractivity contribution in [2.24, 2.45) is 0 Å². The highest BCUT2D eigenvalue weighted by molar-refractivity contribution is 7.98. The highest BCUT2D eigenvalue weighted by Crippen LogP contribution is 1.77. The molecule has 0 atom stereocenters. The number of carboxylic acid groups (broad SMARTS) is 2. The predicted octanol–water partition coefficient (Wildman–Crippen LogP) is -0.105. The van der Waals surface area contributed by atoms with Crippen LogP contribution in [0.5, 0.6) is 0 Å². The van der Waals surface area contributed by atoms with Gasteiger partial charge in [0.05, 0.1) is 0 Å². The lowest BCUT2D eigenvalue weighted by Gasteiger charge is -1.74. The van der Waals surface area contributed by atoms with Gasteiger partial charge in [0.2, 0.25) is 6.16 Å². The number of rotatable bonds is 1. The fraction of sp³-hybridized carbons (Fsp3) is 0.400. The van der Waals surface area contributed by atoms with Crippen molar-refractivity contribution in [3.8, 4) is 0 Å². The summed E-state index contributed by atoms with van der Waals surface area (Å²) in [6, 6.07) is 0. The standard InChI is InChI=1S/C4H9S.CH2O3/c1-4-5(2)3;2-1(3)4/h4H,1H2,2-3H3;(H2,2,3,4)/q+1;/p-1. The van der Waals surface area contributed by atoms with Crippen LogP contribution >= 0.6 is 0 Å². The van der Waals surface area contributed by atoms with Crippen LogP contribution in [0.25, 0.3) is 0 Å². The molecule has 9 heavy (non-hydrogen) atoms. The molecule has 0 aliphatic rings. The Balaban J connectivity index is 0. The molecule has 0 radical (unpaired) electrons. The minimum atomic E-state index is -2.08. The molecule has 0 aliphatic heterocycles. The van der Waals surface area contributed by atoms with E-state index in [4.69, 9.17) is 15.0 Å². The minimum Gasteiger partial charge on any atom is -0.565 e. The largest absolute Gasteiger partial charge is 0.565 e. The smallest absolute Gasteiger partial charge is 0.249 e. The maximum Gasteiger partial charge on any atom is 0.249 e. The van der Waals surface area contributed by atoms with Gasteiger partial charge >= 0.3 is 0 Å². The SMILES string of the molecule is C=C[S+](C)C.O=C([O-])O. The van der Waals surface area contributed by atoms with Gasteiger partial charge in [-0.25, -0.2) is 0 Å². The lowest BCUT2D eigenvalue weighted by Crippen LogP contribution is -2.17. The van der Waals surface area contributed by atoms with Gasteiger partial charge in [0.1, 0.15) is 17.9 Å². The Bertz CT molecular complexity index is 86.2. The van der Waals surface area contributed by atoms with Crippen LogP contribution in [0.15, 0.2) is 12.0 Å². The molecule has 0 aliphatic carbocycles. The third-order valence-electron chi connectivity index (χ3n) is 0.333. The summed E-state index contributed by atoms with van der Waals surface area (Å²) in [4.78, 5) is 8.44. The summed E-state index contributed by atoms with van der Waals surface area (Å²) >= 11 is 0. The number of hydrogen-bond acceptors (Lipinski definition) is 2. The van der Waals surface area contributed by atoms with Gasteiger partial charge in [-0.15, -0.1) is 0 Å². The van der Waals surface area contributed by atoms with Crippen LogP contribution in [0.1, 0.15) is 0 Å². The zero-order chi connectivity index (χ0) is 7.86. The molecule has 0 saturated heterocycles. The van der Waals surface area contributed by atoms with Crippen molar-refractivity contribution in [3.05, 3.63) is 12.0 Å². The van der Waals surface area contributed by atoms with E-state index in [0.717, 1.165) is 0 Å². The Labute approximate surface area is 57.4 Å². The van der Waals surface area contributed by atoms with E-state index < -0.39 is 6.16 Å². The van der Waals surface area contributed by atoms with Gasteiger partial charge in [0.25, 0.3) is 0 Å². The Morgan fingerprint density at radius 1 is 1.78 bits per heavy atom. The fourth-order valence-corrected chi connectivity index (χ4v) is 0. The summed E-state index contributed by atoms with van der Waals surface area (Å²) in [6.45, 7) is 3.57. The molecule has 4 heteroatoms. The number of hydrogen-bond donors (Lipinski definition) is 1. The average molecular weight is 150 g/mol. The molecule has 0 unspecified atom stereocenters. The van der Waals surface area contributed by atoms with Crippen molar-refractivity contribution in [1.29, 1.82) is 0 Å². The Morgan fingerprint density at radius 2 is 1.89 bits per heavy atom. The van der Waals surface area contributed by atoms with Crippen molar-refractivity contribution in [3.63, 3.8) is 0 Å². The lowest BCUT2D eigenvalue weighted by molar-refractivity contribution is -0.275. The van der Waals surface area contributed by atoms with Gasteiger partial charge in [-0.1, -0.05) is 6.58 Å².